The number of nitrogens with zero attached hydrogens (tertiary/aromatic N) is 1. The van der Waals surface area contributed by atoms with Crippen LogP contribution < -0.4 is 4.72 Å². The van der Waals surface area contributed by atoms with Gasteiger partial charge in [-0.25, -0.2) is 0 Å². The van der Waals surface area contributed by atoms with E-state index in [9.17, 15) is 13.5 Å². The number of morpholine rings is 1. The normalized spacial score (nSPS) is 32.4. The van der Waals surface area contributed by atoms with E-state index in [4.69, 9.17) is 4.74 Å². The Labute approximate surface area is 108 Å². The molecular formula is C11H22N2O4S. The number of hydrogen-bond acceptors (Lipinski definition) is 4. The van der Waals surface area contributed by atoms with Gasteiger partial charge in [0, 0.05) is 19.6 Å². The third-order valence-electron chi connectivity index (χ3n) is 3.37. The molecule has 18 heavy (non-hydrogen) atoms. The monoisotopic (exact) mass is 278 g/mol. The number of aliphatic hydroxyl groups is 1. The van der Waals surface area contributed by atoms with Crippen molar-refractivity contribution in [2.45, 2.75) is 45.0 Å². The summed E-state index contributed by atoms with van der Waals surface area (Å²) in [5.41, 5.74) is 0. The molecule has 0 amide bonds. The number of ether oxygens (including phenoxy) is 1. The molecule has 0 radical (unpaired) electrons. The fourth-order valence-corrected chi connectivity index (χ4v) is 3.63. The third-order valence-corrected chi connectivity index (χ3v) is 4.88. The van der Waals surface area contributed by atoms with E-state index in [2.05, 4.69) is 4.72 Å². The highest BCUT2D eigenvalue weighted by molar-refractivity contribution is 7.87. The molecule has 1 aliphatic carbocycles. The van der Waals surface area contributed by atoms with Crippen LogP contribution in [0.15, 0.2) is 0 Å². The second-order valence-corrected chi connectivity index (χ2v) is 7.09. The van der Waals surface area contributed by atoms with Crippen molar-refractivity contribution in [3.05, 3.63) is 0 Å². The fraction of sp³-hybridized carbons (Fsp3) is 1.00. The minimum Gasteiger partial charge on any atom is -0.391 e. The van der Waals surface area contributed by atoms with Gasteiger partial charge in [-0.15, -0.1) is 0 Å². The highest BCUT2D eigenvalue weighted by atomic mass is 32.2. The first-order chi connectivity index (χ1) is 8.38. The van der Waals surface area contributed by atoms with Crippen molar-refractivity contribution in [1.82, 2.24) is 9.03 Å². The van der Waals surface area contributed by atoms with E-state index >= 15 is 0 Å². The van der Waals surface area contributed by atoms with Gasteiger partial charge in [0.05, 0.1) is 18.3 Å². The summed E-state index contributed by atoms with van der Waals surface area (Å²) in [5.74, 6) is 0.273. The molecule has 2 N–H and O–H groups in total. The van der Waals surface area contributed by atoms with Crippen molar-refractivity contribution >= 4 is 10.2 Å². The highest BCUT2D eigenvalue weighted by Crippen LogP contribution is 2.32. The number of aliphatic hydroxyl groups excluding tert-OH is 1. The predicted octanol–water partition coefficient (Wildman–Crippen LogP) is -0.299. The minimum atomic E-state index is -3.51. The summed E-state index contributed by atoms with van der Waals surface area (Å²) >= 11 is 0. The zero-order valence-electron chi connectivity index (χ0n) is 10.9. The maximum absolute atomic E-state index is 12.1. The summed E-state index contributed by atoms with van der Waals surface area (Å²) in [4.78, 5) is 0. The zero-order valence-corrected chi connectivity index (χ0v) is 11.7. The minimum absolute atomic E-state index is 0.0984. The van der Waals surface area contributed by atoms with Crippen LogP contribution in [0, 0.1) is 5.92 Å². The van der Waals surface area contributed by atoms with Crippen LogP contribution in [0.3, 0.4) is 0 Å². The predicted molar refractivity (Wildman–Crippen MR) is 67.2 cm³/mol. The molecule has 2 rings (SSSR count). The molecule has 1 aliphatic heterocycles. The van der Waals surface area contributed by atoms with Gasteiger partial charge >= 0.3 is 0 Å². The first-order valence-corrected chi connectivity index (χ1v) is 7.90. The summed E-state index contributed by atoms with van der Waals surface area (Å²) in [7, 11) is -3.51. The molecule has 7 heteroatoms. The van der Waals surface area contributed by atoms with Crippen LogP contribution in [0.5, 0.6) is 0 Å². The summed E-state index contributed by atoms with van der Waals surface area (Å²) in [6.07, 6.45) is 1.23. The third kappa shape index (κ3) is 3.64. The number of rotatable bonds is 5. The SMILES string of the molecule is CC1CN(S(=O)(=O)NCC(O)C2CC2)CC(C)O1. The Morgan fingerprint density at radius 1 is 1.33 bits per heavy atom. The Morgan fingerprint density at radius 2 is 1.89 bits per heavy atom. The van der Waals surface area contributed by atoms with Gasteiger partial charge in [-0.05, 0) is 32.6 Å². The molecule has 0 aromatic heterocycles. The van der Waals surface area contributed by atoms with Gasteiger partial charge in [-0.2, -0.15) is 17.4 Å². The van der Waals surface area contributed by atoms with Gasteiger partial charge in [-0.1, -0.05) is 0 Å². The van der Waals surface area contributed by atoms with Crippen LogP contribution >= 0.6 is 0 Å². The Bertz CT molecular complexity index is 373. The molecule has 3 unspecified atom stereocenters. The highest BCUT2D eigenvalue weighted by Gasteiger charge is 2.34. The second kappa shape index (κ2) is 5.42. The largest absolute Gasteiger partial charge is 0.391 e. The Balaban J connectivity index is 1.88. The molecule has 0 bridgehead atoms. The van der Waals surface area contributed by atoms with Crippen molar-refractivity contribution in [3.8, 4) is 0 Å². The maximum Gasteiger partial charge on any atom is 0.279 e. The van der Waals surface area contributed by atoms with Crippen molar-refractivity contribution < 1.29 is 18.3 Å². The van der Waals surface area contributed by atoms with E-state index in [0.29, 0.717) is 13.1 Å². The molecule has 0 aromatic carbocycles. The van der Waals surface area contributed by atoms with Crippen molar-refractivity contribution in [1.29, 1.82) is 0 Å². The summed E-state index contributed by atoms with van der Waals surface area (Å²) < 4.78 is 33.5. The van der Waals surface area contributed by atoms with Crippen LogP contribution in [0.4, 0.5) is 0 Å². The van der Waals surface area contributed by atoms with Crippen molar-refractivity contribution in [3.63, 3.8) is 0 Å². The van der Waals surface area contributed by atoms with Crippen LogP contribution in [-0.2, 0) is 14.9 Å². The van der Waals surface area contributed by atoms with Gasteiger partial charge in [-0.3, -0.25) is 0 Å². The Kier molecular flexibility index (Phi) is 4.28. The van der Waals surface area contributed by atoms with E-state index in [-0.39, 0.29) is 24.7 Å². The number of hydrogen-bond donors (Lipinski definition) is 2. The lowest BCUT2D eigenvalue weighted by Crippen LogP contribution is -2.52. The van der Waals surface area contributed by atoms with Crippen LogP contribution in [-0.4, -0.2) is 55.8 Å². The van der Waals surface area contributed by atoms with Crippen LogP contribution in [0.25, 0.3) is 0 Å². The molecule has 2 aliphatic rings. The van der Waals surface area contributed by atoms with Crippen molar-refractivity contribution in [2.24, 2.45) is 5.92 Å². The van der Waals surface area contributed by atoms with Crippen LogP contribution in [0.1, 0.15) is 26.7 Å². The molecule has 0 spiro atoms. The molecule has 1 heterocycles. The molecule has 2 fully saturated rings. The topological polar surface area (TPSA) is 78.9 Å². The van der Waals surface area contributed by atoms with Crippen LogP contribution in [0.2, 0.25) is 0 Å². The maximum atomic E-state index is 12.1. The standard InChI is InChI=1S/C11H22N2O4S/c1-8-6-13(7-9(2)17-8)18(15,16)12-5-11(14)10-3-4-10/h8-12,14H,3-7H2,1-2H3. The molecular weight excluding hydrogens is 256 g/mol. The molecule has 106 valence electrons. The average molecular weight is 278 g/mol. The first kappa shape index (κ1) is 14.2. The van der Waals surface area contributed by atoms with E-state index in [1.54, 1.807) is 0 Å². The quantitative estimate of drug-likeness (QED) is 0.724. The molecule has 1 saturated carbocycles. The van der Waals surface area contributed by atoms with E-state index < -0.39 is 16.3 Å². The zero-order chi connectivity index (χ0) is 13.3. The average Bonchev–Trinajstić information content (AvgIpc) is 3.08. The van der Waals surface area contributed by atoms with Crippen molar-refractivity contribution in [2.75, 3.05) is 19.6 Å². The number of nitrogens with one attached hydrogen (secondary N) is 1. The van der Waals surface area contributed by atoms with E-state index in [0.717, 1.165) is 12.8 Å². The summed E-state index contributed by atoms with van der Waals surface area (Å²) in [6, 6.07) is 0. The molecule has 1 saturated heterocycles. The van der Waals surface area contributed by atoms with Gasteiger partial charge in [0.2, 0.25) is 0 Å². The van der Waals surface area contributed by atoms with Gasteiger partial charge in [0.15, 0.2) is 0 Å². The second-order valence-electron chi connectivity index (χ2n) is 5.33. The van der Waals surface area contributed by atoms with Gasteiger partial charge in [0.25, 0.3) is 10.2 Å². The first-order valence-electron chi connectivity index (χ1n) is 6.46. The van der Waals surface area contributed by atoms with Gasteiger partial charge in [0.1, 0.15) is 0 Å². The Hall–Kier alpha value is -0.210. The van der Waals surface area contributed by atoms with E-state index in [1.807, 2.05) is 13.8 Å². The lowest BCUT2D eigenvalue weighted by atomic mass is 10.2. The van der Waals surface area contributed by atoms with E-state index in [1.165, 1.54) is 4.31 Å². The summed E-state index contributed by atoms with van der Waals surface area (Å²) in [5, 5.41) is 9.68. The summed E-state index contributed by atoms with van der Waals surface area (Å²) in [6.45, 7) is 4.54. The lowest BCUT2D eigenvalue weighted by Gasteiger charge is -2.34. The fourth-order valence-electron chi connectivity index (χ4n) is 2.26. The van der Waals surface area contributed by atoms with Gasteiger partial charge < -0.3 is 9.84 Å². The lowest BCUT2D eigenvalue weighted by molar-refractivity contribution is -0.0444. The smallest absolute Gasteiger partial charge is 0.279 e. The Morgan fingerprint density at radius 3 is 2.39 bits per heavy atom. The molecule has 0 aromatic rings. The molecule has 6 nitrogen and oxygen atoms in total. The molecule has 3 atom stereocenters.